The van der Waals surface area contributed by atoms with Crippen LogP contribution in [-0.2, 0) is 16.6 Å². The van der Waals surface area contributed by atoms with Gasteiger partial charge in [-0.3, -0.25) is 0 Å². The topological polar surface area (TPSA) is 71.3 Å². The minimum absolute atomic E-state index is 0.00725. The molecule has 0 saturated heterocycles. The van der Waals surface area contributed by atoms with Crippen molar-refractivity contribution in [2.24, 2.45) is 0 Å². The Balaban J connectivity index is 2.40. The Morgan fingerprint density at radius 2 is 2.00 bits per heavy atom. The summed E-state index contributed by atoms with van der Waals surface area (Å²) in [6.07, 6.45) is 5.08. The zero-order chi connectivity index (χ0) is 15.7. The molecule has 0 aromatic carbocycles. The second kappa shape index (κ2) is 9.50. The Morgan fingerprint density at radius 1 is 1.24 bits per heavy atom. The van der Waals surface area contributed by atoms with Crippen molar-refractivity contribution in [2.45, 2.75) is 50.8 Å². The maximum absolute atomic E-state index is 12.0. The van der Waals surface area contributed by atoms with Gasteiger partial charge >= 0.3 is 0 Å². The van der Waals surface area contributed by atoms with Crippen molar-refractivity contribution in [3.63, 3.8) is 0 Å². The van der Waals surface area contributed by atoms with E-state index in [-0.39, 0.29) is 5.09 Å². The fourth-order valence-electron chi connectivity index (χ4n) is 1.73. The highest BCUT2D eigenvalue weighted by Gasteiger charge is 2.18. The molecule has 2 N–H and O–H groups in total. The Labute approximate surface area is 132 Å². The van der Waals surface area contributed by atoms with Gasteiger partial charge < -0.3 is 9.73 Å². The summed E-state index contributed by atoms with van der Waals surface area (Å²) in [4.78, 5) is 0. The molecule has 0 fully saturated rings. The molecule has 122 valence electrons. The Bertz CT molecular complexity index is 498. The molecule has 0 radical (unpaired) electrons. The van der Waals surface area contributed by atoms with Crippen molar-refractivity contribution in [2.75, 3.05) is 18.6 Å². The molecule has 0 bridgehead atoms. The monoisotopic (exact) mass is 334 g/mol. The summed E-state index contributed by atoms with van der Waals surface area (Å²) in [5.41, 5.74) is 0. The van der Waals surface area contributed by atoms with E-state index in [0.29, 0.717) is 24.9 Å². The van der Waals surface area contributed by atoms with Gasteiger partial charge in [-0.2, -0.15) is 11.8 Å². The molecule has 1 heterocycles. The first-order chi connectivity index (χ1) is 9.95. The molecule has 0 atom stereocenters. The summed E-state index contributed by atoms with van der Waals surface area (Å²) in [6.45, 7) is 5.04. The van der Waals surface area contributed by atoms with E-state index in [4.69, 9.17) is 4.42 Å². The van der Waals surface area contributed by atoms with Gasteiger partial charge in [0, 0.05) is 12.6 Å². The molecule has 0 spiro atoms. The largest absolute Gasteiger partial charge is 0.447 e. The maximum atomic E-state index is 12.0. The number of sulfonamides is 1. The number of hydrogen-bond acceptors (Lipinski definition) is 5. The molecule has 0 aliphatic carbocycles. The smallest absolute Gasteiger partial charge is 0.273 e. The molecule has 0 saturated carbocycles. The van der Waals surface area contributed by atoms with Crippen LogP contribution in [0.5, 0.6) is 0 Å². The standard InChI is InChI=1S/C14H26N2O3S2/c1-12(2)15-11-13-7-8-14(19-13)21(17,18)16-9-5-4-6-10-20-3/h7-8,12,15-16H,4-6,9-11H2,1-3H3. The Kier molecular flexibility index (Phi) is 8.39. The lowest BCUT2D eigenvalue weighted by Gasteiger charge is -2.06. The number of hydrogen-bond donors (Lipinski definition) is 2. The third kappa shape index (κ3) is 7.35. The van der Waals surface area contributed by atoms with Crippen LogP contribution in [0.15, 0.2) is 21.6 Å². The molecule has 21 heavy (non-hydrogen) atoms. The van der Waals surface area contributed by atoms with E-state index in [2.05, 4.69) is 16.3 Å². The van der Waals surface area contributed by atoms with E-state index in [1.807, 2.05) is 25.6 Å². The second-order valence-electron chi connectivity index (χ2n) is 5.21. The van der Waals surface area contributed by atoms with Crippen LogP contribution in [0.2, 0.25) is 0 Å². The summed E-state index contributed by atoms with van der Waals surface area (Å²) in [6, 6.07) is 3.53. The van der Waals surface area contributed by atoms with Crippen LogP contribution in [0.3, 0.4) is 0 Å². The number of furan rings is 1. The first kappa shape index (κ1) is 18.5. The minimum Gasteiger partial charge on any atom is -0.447 e. The van der Waals surface area contributed by atoms with Gasteiger partial charge in [0.05, 0.1) is 6.54 Å². The Morgan fingerprint density at radius 3 is 2.67 bits per heavy atom. The molecule has 1 aromatic heterocycles. The van der Waals surface area contributed by atoms with Crippen molar-refractivity contribution < 1.29 is 12.8 Å². The molecule has 0 aliphatic rings. The molecule has 1 rings (SSSR count). The molecular formula is C14H26N2O3S2. The summed E-state index contributed by atoms with van der Waals surface area (Å²) in [7, 11) is -3.52. The summed E-state index contributed by atoms with van der Waals surface area (Å²) in [5.74, 6) is 1.75. The Hall–Kier alpha value is -0.500. The lowest BCUT2D eigenvalue weighted by Crippen LogP contribution is -2.24. The molecule has 5 nitrogen and oxygen atoms in total. The van der Waals surface area contributed by atoms with Crippen LogP contribution in [0.4, 0.5) is 0 Å². The molecule has 0 unspecified atom stereocenters. The van der Waals surface area contributed by atoms with Crippen molar-refractivity contribution in [1.82, 2.24) is 10.0 Å². The highest BCUT2D eigenvalue weighted by Crippen LogP contribution is 2.14. The molecule has 0 aliphatic heterocycles. The normalized spacial score (nSPS) is 12.2. The zero-order valence-corrected chi connectivity index (χ0v) is 14.6. The summed E-state index contributed by atoms with van der Waals surface area (Å²) < 4.78 is 32.0. The van der Waals surface area contributed by atoms with Crippen LogP contribution in [0, 0.1) is 0 Å². The predicted molar refractivity (Wildman–Crippen MR) is 88.1 cm³/mol. The second-order valence-corrected chi connectivity index (χ2v) is 7.89. The van der Waals surface area contributed by atoms with Gasteiger partial charge in [0.15, 0.2) is 0 Å². The van der Waals surface area contributed by atoms with Crippen molar-refractivity contribution >= 4 is 21.8 Å². The first-order valence-corrected chi connectivity index (χ1v) is 10.1. The minimum atomic E-state index is -3.52. The molecule has 1 aromatic rings. The van der Waals surface area contributed by atoms with Gasteiger partial charge in [0.1, 0.15) is 5.76 Å². The quantitative estimate of drug-likeness (QED) is 0.609. The van der Waals surface area contributed by atoms with Crippen molar-refractivity contribution in [1.29, 1.82) is 0 Å². The third-order valence-corrected chi connectivity index (χ3v) is 4.93. The van der Waals surface area contributed by atoms with Gasteiger partial charge in [-0.25, -0.2) is 13.1 Å². The van der Waals surface area contributed by atoms with Crippen LogP contribution in [0.1, 0.15) is 38.9 Å². The average molecular weight is 335 g/mol. The lowest BCUT2D eigenvalue weighted by molar-refractivity contribution is 0.393. The molecule has 7 heteroatoms. The van der Waals surface area contributed by atoms with Crippen LogP contribution < -0.4 is 10.0 Å². The van der Waals surface area contributed by atoms with E-state index >= 15 is 0 Å². The molecular weight excluding hydrogens is 308 g/mol. The van der Waals surface area contributed by atoms with E-state index < -0.39 is 10.0 Å². The summed E-state index contributed by atoms with van der Waals surface area (Å²) in [5, 5.41) is 3.18. The molecule has 0 amide bonds. The van der Waals surface area contributed by atoms with E-state index in [1.165, 1.54) is 6.07 Å². The van der Waals surface area contributed by atoms with Gasteiger partial charge in [-0.1, -0.05) is 20.3 Å². The number of thioether (sulfide) groups is 1. The predicted octanol–water partition coefficient (Wildman–Crippen LogP) is 2.59. The van der Waals surface area contributed by atoms with E-state index in [9.17, 15) is 8.42 Å². The SMILES string of the molecule is CSCCCCCNS(=O)(=O)c1ccc(CNC(C)C)o1. The fourth-order valence-corrected chi connectivity index (χ4v) is 3.24. The van der Waals surface area contributed by atoms with Crippen molar-refractivity contribution in [3.05, 3.63) is 17.9 Å². The van der Waals surface area contributed by atoms with Gasteiger partial charge in [-0.15, -0.1) is 0 Å². The average Bonchev–Trinajstić information content (AvgIpc) is 2.90. The number of nitrogens with one attached hydrogen (secondary N) is 2. The zero-order valence-electron chi connectivity index (χ0n) is 13.0. The third-order valence-electron chi connectivity index (χ3n) is 2.90. The van der Waals surface area contributed by atoms with E-state index in [1.54, 1.807) is 6.07 Å². The van der Waals surface area contributed by atoms with Crippen molar-refractivity contribution in [3.8, 4) is 0 Å². The summed E-state index contributed by atoms with van der Waals surface area (Å²) >= 11 is 1.81. The number of unbranched alkanes of at least 4 members (excludes halogenated alkanes) is 2. The van der Waals surface area contributed by atoms with Gasteiger partial charge in [0.2, 0.25) is 5.09 Å². The van der Waals surface area contributed by atoms with Crippen LogP contribution >= 0.6 is 11.8 Å². The first-order valence-electron chi connectivity index (χ1n) is 7.26. The van der Waals surface area contributed by atoms with Gasteiger partial charge in [0.25, 0.3) is 10.0 Å². The van der Waals surface area contributed by atoms with E-state index in [0.717, 1.165) is 25.0 Å². The highest BCUT2D eigenvalue weighted by molar-refractivity contribution is 7.98. The maximum Gasteiger partial charge on any atom is 0.273 e. The number of rotatable bonds is 11. The fraction of sp³-hybridized carbons (Fsp3) is 0.714. The van der Waals surface area contributed by atoms with Crippen LogP contribution in [-0.4, -0.2) is 33.0 Å². The van der Waals surface area contributed by atoms with Crippen LogP contribution in [0.25, 0.3) is 0 Å². The lowest BCUT2D eigenvalue weighted by atomic mass is 10.2. The van der Waals surface area contributed by atoms with Gasteiger partial charge in [-0.05, 0) is 37.0 Å². The highest BCUT2D eigenvalue weighted by atomic mass is 32.2.